The zero-order chi connectivity index (χ0) is 19.2. The van der Waals surface area contributed by atoms with Crippen LogP contribution in [0.15, 0.2) is 103 Å². The van der Waals surface area contributed by atoms with Gasteiger partial charge in [-0.25, -0.2) is 0 Å². The third kappa shape index (κ3) is 4.76. The fourth-order valence-corrected chi connectivity index (χ4v) is 9.10. The van der Waals surface area contributed by atoms with Crippen LogP contribution in [0.2, 0.25) is 31.7 Å². The van der Waals surface area contributed by atoms with Crippen molar-refractivity contribution in [2.75, 3.05) is 0 Å². The quantitative estimate of drug-likeness (QED) is 0.303. The van der Waals surface area contributed by atoms with Crippen LogP contribution in [-0.2, 0) is 0 Å². The monoisotopic (exact) mass is 386 g/mol. The van der Waals surface area contributed by atoms with Gasteiger partial charge in [0.1, 0.15) is 0 Å². The van der Waals surface area contributed by atoms with Crippen LogP contribution < -0.4 is 15.6 Å². The van der Waals surface area contributed by atoms with Crippen LogP contribution in [0, 0.1) is 0 Å². The van der Waals surface area contributed by atoms with E-state index >= 15 is 0 Å². The van der Waals surface area contributed by atoms with Crippen molar-refractivity contribution in [2.45, 2.75) is 31.7 Å². The Hall–Kier alpha value is -2.17. The van der Waals surface area contributed by atoms with Crippen LogP contribution in [0.1, 0.15) is 0 Å². The minimum atomic E-state index is -2.09. The molecule has 0 heterocycles. The highest BCUT2D eigenvalue weighted by atomic mass is 28.3. The molecule has 3 aromatic rings. The van der Waals surface area contributed by atoms with Crippen LogP contribution in [0.3, 0.4) is 0 Å². The first-order chi connectivity index (χ1) is 13.0. The van der Waals surface area contributed by atoms with E-state index < -0.39 is 16.1 Å². The van der Waals surface area contributed by atoms with Gasteiger partial charge in [-0.15, -0.1) is 0 Å². The topological polar surface area (TPSA) is 0 Å². The SMILES string of the molecule is C[Si](C)(C)CC=CC[Si](c1ccccc1)(c1ccccc1)c1ccccc1. The molecule has 3 rings (SSSR count). The Morgan fingerprint density at radius 1 is 0.519 bits per heavy atom. The first-order valence-electron chi connectivity index (χ1n) is 9.84. The zero-order valence-electron chi connectivity index (χ0n) is 16.7. The van der Waals surface area contributed by atoms with Gasteiger partial charge < -0.3 is 0 Å². The lowest BCUT2D eigenvalue weighted by molar-refractivity contribution is 1.46. The predicted molar refractivity (Wildman–Crippen MR) is 126 cm³/mol. The Labute approximate surface area is 166 Å². The fraction of sp³-hybridized carbons (Fsp3) is 0.200. The van der Waals surface area contributed by atoms with Gasteiger partial charge in [-0.1, -0.05) is 123 Å². The highest BCUT2D eigenvalue weighted by molar-refractivity contribution is 7.11. The van der Waals surface area contributed by atoms with Gasteiger partial charge in [0, 0.05) is 8.07 Å². The number of hydrogen-bond acceptors (Lipinski definition) is 0. The first-order valence-corrected chi connectivity index (χ1v) is 15.8. The molecule has 0 fully saturated rings. The average Bonchev–Trinajstić information content (AvgIpc) is 2.70. The molecule has 0 aliphatic rings. The summed E-state index contributed by atoms with van der Waals surface area (Å²) in [5, 5.41) is 4.46. The standard InChI is InChI=1S/C25H30Si2/c1-26(2,3)21-13-14-22-27(23-15-7-4-8-16-23,24-17-9-5-10-18-24)25-19-11-6-12-20-25/h4-20H,21-22H2,1-3H3. The van der Waals surface area contributed by atoms with E-state index in [1.165, 1.54) is 21.6 Å². The minimum absolute atomic E-state index is 1.06. The van der Waals surface area contributed by atoms with E-state index in [0.717, 1.165) is 6.04 Å². The van der Waals surface area contributed by atoms with Crippen molar-refractivity contribution >= 4 is 31.7 Å². The van der Waals surface area contributed by atoms with Crippen LogP contribution in [0.25, 0.3) is 0 Å². The van der Waals surface area contributed by atoms with E-state index in [1.54, 1.807) is 0 Å². The Morgan fingerprint density at radius 3 is 1.19 bits per heavy atom. The highest BCUT2D eigenvalue weighted by Crippen LogP contribution is 2.16. The van der Waals surface area contributed by atoms with Gasteiger partial charge in [-0.3, -0.25) is 0 Å². The minimum Gasteiger partial charge on any atom is -0.0915 e. The molecular weight excluding hydrogens is 356 g/mol. The van der Waals surface area contributed by atoms with E-state index in [1.807, 2.05) is 0 Å². The summed E-state index contributed by atoms with van der Waals surface area (Å²) in [4.78, 5) is 0. The summed E-state index contributed by atoms with van der Waals surface area (Å²) in [6.45, 7) is 7.31. The molecule has 0 aliphatic carbocycles. The second kappa shape index (κ2) is 8.68. The maximum Gasteiger partial charge on any atom is 0.151 e. The summed E-state index contributed by atoms with van der Waals surface area (Å²) < 4.78 is 0. The summed E-state index contributed by atoms with van der Waals surface area (Å²) in [6.07, 6.45) is 4.92. The molecule has 3 aromatic carbocycles. The molecular formula is C25H30Si2. The van der Waals surface area contributed by atoms with Crippen molar-refractivity contribution in [3.63, 3.8) is 0 Å². The third-order valence-corrected chi connectivity index (χ3v) is 11.4. The number of allylic oxidation sites excluding steroid dienone is 2. The summed E-state index contributed by atoms with van der Waals surface area (Å²) in [5.41, 5.74) is 0. The Bertz CT molecular complexity index is 750. The molecule has 0 radical (unpaired) electrons. The van der Waals surface area contributed by atoms with E-state index in [9.17, 15) is 0 Å². The Kier molecular flexibility index (Phi) is 6.30. The van der Waals surface area contributed by atoms with Gasteiger partial charge in [-0.05, 0) is 27.6 Å². The van der Waals surface area contributed by atoms with Gasteiger partial charge in [0.25, 0.3) is 0 Å². The van der Waals surface area contributed by atoms with E-state index in [4.69, 9.17) is 0 Å². The first kappa shape index (κ1) is 19.6. The van der Waals surface area contributed by atoms with E-state index in [2.05, 4.69) is 123 Å². The molecule has 0 saturated carbocycles. The molecule has 0 aromatic heterocycles. The van der Waals surface area contributed by atoms with Crippen LogP contribution in [0.4, 0.5) is 0 Å². The van der Waals surface area contributed by atoms with Crippen molar-refractivity contribution in [2.24, 2.45) is 0 Å². The van der Waals surface area contributed by atoms with Crippen LogP contribution in [0.5, 0.6) is 0 Å². The zero-order valence-corrected chi connectivity index (χ0v) is 18.7. The lowest BCUT2D eigenvalue weighted by Crippen LogP contribution is -2.66. The second-order valence-corrected chi connectivity index (χ2v) is 17.9. The largest absolute Gasteiger partial charge is 0.151 e. The summed E-state index contributed by atoms with van der Waals surface area (Å²) >= 11 is 0. The maximum atomic E-state index is 2.47. The third-order valence-electron chi connectivity index (χ3n) is 5.12. The second-order valence-electron chi connectivity index (χ2n) is 8.44. The Balaban J connectivity index is 2.14. The maximum absolute atomic E-state index is 2.47. The predicted octanol–water partition coefficient (Wildman–Crippen LogP) is 5.05. The van der Waals surface area contributed by atoms with Crippen LogP contribution >= 0.6 is 0 Å². The van der Waals surface area contributed by atoms with Crippen molar-refractivity contribution < 1.29 is 0 Å². The number of rotatable bonds is 7. The van der Waals surface area contributed by atoms with Crippen molar-refractivity contribution in [1.29, 1.82) is 0 Å². The summed E-state index contributed by atoms with van der Waals surface area (Å²) in [5.74, 6) is 0. The summed E-state index contributed by atoms with van der Waals surface area (Å²) in [6, 6.07) is 35.9. The fourth-order valence-electron chi connectivity index (χ4n) is 3.72. The molecule has 0 N–H and O–H groups in total. The number of benzene rings is 3. The molecule has 0 spiro atoms. The molecule has 0 bridgehead atoms. The van der Waals surface area contributed by atoms with Gasteiger partial charge >= 0.3 is 0 Å². The Morgan fingerprint density at radius 2 is 0.852 bits per heavy atom. The highest BCUT2D eigenvalue weighted by Gasteiger charge is 2.37. The lowest BCUT2D eigenvalue weighted by Gasteiger charge is -2.33. The molecule has 0 saturated heterocycles. The summed E-state index contributed by atoms with van der Waals surface area (Å²) in [7, 11) is -3.15. The molecule has 0 aliphatic heterocycles. The molecule has 0 atom stereocenters. The number of hydrogen-bond donors (Lipinski definition) is 0. The van der Waals surface area contributed by atoms with Gasteiger partial charge in [0.2, 0.25) is 0 Å². The molecule has 2 heteroatoms. The normalized spacial score (nSPS) is 12.4. The van der Waals surface area contributed by atoms with Gasteiger partial charge in [-0.2, -0.15) is 0 Å². The van der Waals surface area contributed by atoms with Crippen LogP contribution in [-0.4, -0.2) is 16.1 Å². The molecule has 0 unspecified atom stereocenters. The van der Waals surface area contributed by atoms with Crippen molar-refractivity contribution in [1.82, 2.24) is 0 Å². The van der Waals surface area contributed by atoms with Gasteiger partial charge in [0.15, 0.2) is 8.07 Å². The molecule has 0 amide bonds. The van der Waals surface area contributed by atoms with Gasteiger partial charge in [0.05, 0.1) is 0 Å². The lowest BCUT2D eigenvalue weighted by atomic mass is 10.3. The van der Waals surface area contributed by atoms with Crippen molar-refractivity contribution in [3.8, 4) is 0 Å². The average molecular weight is 387 g/mol. The van der Waals surface area contributed by atoms with Crippen molar-refractivity contribution in [3.05, 3.63) is 103 Å². The smallest absolute Gasteiger partial charge is 0.0915 e. The van der Waals surface area contributed by atoms with E-state index in [-0.39, 0.29) is 0 Å². The molecule has 138 valence electrons. The van der Waals surface area contributed by atoms with E-state index in [0.29, 0.717) is 0 Å². The molecule has 0 nitrogen and oxygen atoms in total. The molecule has 27 heavy (non-hydrogen) atoms.